The molecule has 152 valence electrons. The van der Waals surface area contributed by atoms with Gasteiger partial charge in [0.15, 0.2) is 17.1 Å². The highest BCUT2D eigenvalue weighted by Crippen LogP contribution is 2.39. The minimum absolute atomic E-state index is 0.174. The molecule has 0 fully saturated rings. The van der Waals surface area contributed by atoms with Gasteiger partial charge in [-0.05, 0) is 57.2 Å². The Kier molecular flexibility index (Phi) is 5.58. The van der Waals surface area contributed by atoms with Crippen LogP contribution in [-0.2, 0) is 17.6 Å². The van der Waals surface area contributed by atoms with Crippen molar-refractivity contribution in [2.24, 2.45) is 0 Å². The molecule has 1 amide bonds. The molecule has 1 N–H and O–H groups in total. The maximum atomic E-state index is 12.9. The molecule has 0 aliphatic heterocycles. The number of thiophene rings is 1. The summed E-state index contributed by atoms with van der Waals surface area (Å²) in [5.41, 5.74) is 2.04. The lowest BCUT2D eigenvalue weighted by Gasteiger charge is -2.12. The van der Waals surface area contributed by atoms with Crippen LogP contribution in [0.15, 0.2) is 28.7 Å². The number of ether oxygens (including phenoxy) is 2. The highest BCUT2D eigenvalue weighted by molar-refractivity contribution is 7.17. The Morgan fingerprint density at radius 3 is 2.79 bits per heavy atom. The van der Waals surface area contributed by atoms with Crippen LogP contribution in [-0.4, -0.2) is 25.1 Å². The Hall–Kier alpha value is -2.80. The maximum Gasteiger partial charge on any atom is 0.341 e. The number of benzene rings is 1. The quantitative estimate of drug-likeness (QED) is 0.562. The minimum Gasteiger partial charge on any atom is -0.490 e. The Morgan fingerprint density at radius 2 is 2.00 bits per heavy atom. The van der Waals surface area contributed by atoms with Crippen LogP contribution in [0.1, 0.15) is 58.0 Å². The third-order valence-electron chi connectivity index (χ3n) is 4.91. The summed E-state index contributed by atoms with van der Waals surface area (Å²) in [6, 6.07) is 7.22. The Labute approximate surface area is 172 Å². The van der Waals surface area contributed by atoms with Crippen molar-refractivity contribution in [2.75, 3.05) is 18.5 Å². The van der Waals surface area contributed by atoms with Crippen molar-refractivity contribution < 1.29 is 23.5 Å². The van der Waals surface area contributed by atoms with E-state index in [0.717, 1.165) is 41.5 Å². The second kappa shape index (κ2) is 8.29. The molecule has 0 saturated carbocycles. The fourth-order valence-electron chi connectivity index (χ4n) is 3.66. The number of rotatable bonds is 6. The van der Waals surface area contributed by atoms with E-state index in [1.807, 2.05) is 25.1 Å². The number of anilines is 1. The van der Waals surface area contributed by atoms with Crippen LogP contribution in [0.4, 0.5) is 5.00 Å². The molecule has 29 heavy (non-hydrogen) atoms. The van der Waals surface area contributed by atoms with Crippen molar-refractivity contribution in [1.82, 2.24) is 0 Å². The molecule has 2 heterocycles. The van der Waals surface area contributed by atoms with Gasteiger partial charge in [0.1, 0.15) is 5.00 Å². The van der Waals surface area contributed by atoms with Crippen molar-refractivity contribution in [1.29, 1.82) is 0 Å². The van der Waals surface area contributed by atoms with E-state index in [4.69, 9.17) is 13.9 Å². The molecule has 3 aromatic rings. The number of carbonyl (C=O) groups excluding carboxylic acids is 2. The number of esters is 1. The van der Waals surface area contributed by atoms with Crippen LogP contribution >= 0.6 is 11.3 Å². The smallest absolute Gasteiger partial charge is 0.341 e. The molecule has 0 bridgehead atoms. The average Bonchev–Trinajstić information content (AvgIpc) is 3.30. The summed E-state index contributed by atoms with van der Waals surface area (Å²) >= 11 is 1.46. The van der Waals surface area contributed by atoms with Crippen LogP contribution in [0.3, 0.4) is 0 Å². The first-order valence-corrected chi connectivity index (χ1v) is 10.7. The largest absolute Gasteiger partial charge is 0.490 e. The zero-order chi connectivity index (χ0) is 20.4. The first kappa shape index (κ1) is 19.5. The molecular weight excluding hydrogens is 390 g/mol. The Bertz CT molecular complexity index is 1060. The van der Waals surface area contributed by atoms with E-state index in [1.165, 1.54) is 11.3 Å². The number of amides is 1. The van der Waals surface area contributed by atoms with Gasteiger partial charge < -0.3 is 19.2 Å². The zero-order valence-electron chi connectivity index (χ0n) is 16.5. The minimum atomic E-state index is -0.396. The van der Waals surface area contributed by atoms with Crippen molar-refractivity contribution >= 4 is 39.2 Å². The lowest BCUT2D eigenvalue weighted by Crippen LogP contribution is -2.15. The molecule has 6 nitrogen and oxygen atoms in total. The molecule has 0 radical (unpaired) electrons. The van der Waals surface area contributed by atoms with E-state index in [1.54, 1.807) is 13.0 Å². The van der Waals surface area contributed by atoms with Gasteiger partial charge in [0.2, 0.25) is 0 Å². The Balaban J connectivity index is 1.66. The summed E-state index contributed by atoms with van der Waals surface area (Å²) in [5.74, 6) is -0.00517. The average molecular weight is 413 g/mol. The van der Waals surface area contributed by atoms with Crippen molar-refractivity contribution in [3.8, 4) is 5.75 Å². The predicted octanol–water partition coefficient (Wildman–Crippen LogP) is 5.20. The molecule has 4 rings (SSSR count). The fraction of sp³-hybridized carbons (Fsp3) is 0.364. The van der Waals surface area contributed by atoms with Gasteiger partial charge in [0, 0.05) is 10.3 Å². The van der Waals surface area contributed by atoms with Crippen molar-refractivity contribution in [2.45, 2.75) is 39.5 Å². The lowest BCUT2D eigenvalue weighted by atomic mass is 9.95. The van der Waals surface area contributed by atoms with E-state index in [9.17, 15) is 9.59 Å². The molecule has 2 aromatic heterocycles. The highest BCUT2D eigenvalue weighted by atomic mass is 32.1. The van der Waals surface area contributed by atoms with E-state index < -0.39 is 5.91 Å². The molecular formula is C22H23NO5S. The monoisotopic (exact) mass is 413 g/mol. The van der Waals surface area contributed by atoms with Gasteiger partial charge in [-0.1, -0.05) is 12.1 Å². The van der Waals surface area contributed by atoms with Gasteiger partial charge in [-0.25, -0.2) is 4.79 Å². The number of aryl methyl sites for hydroxylation is 1. The van der Waals surface area contributed by atoms with Crippen LogP contribution in [0.25, 0.3) is 11.0 Å². The van der Waals surface area contributed by atoms with Crippen LogP contribution in [0, 0.1) is 0 Å². The number of furan rings is 1. The summed E-state index contributed by atoms with van der Waals surface area (Å²) < 4.78 is 16.6. The zero-order valence-corrected chi connectivity index (χ0v) is 17.3. The van der Waals surface area contributed by atoms with E-state index in [0.29, 0.717) is 35.1 Å². The summed E-state index contributed by atoms with van der Waals surface area (Å²) in [6.45, 7) is 4.47. The molecule has 0 atom stereocenters. The van der Waals surface area contributed by atoms with Gasteiger partial charge in [-0.3, -0.25) is 4.79 Å². The molecule has 1 aliphatic carbocycles. The number of carbonyl (C=O) groups is 2. The van der Waals surface area contributed by atoms with Crippen molar-refractivity contribution in [3.63, 3.8) is 0 Å². The van der Waals surface area contributed by atoms with E-state index in [2.05, 4.69) is 5.32 Å². The van der Waals surface area contributed by atoms with Crippen LogP contribution in [0.5, 0.6) is 5.75 Å². The first-order valence-electron chi connectivity index (χ1n) is 9.90. The first-order chi connectivity index (χ1) is 14.1. The second-order valence-electron chi connectivity index (χ2n) is 6.81. The fourth-order valence-corrected chi connectivity index (χ4v) is 4.93. The van der Waals surface area contributed by atoms with Gasteiger partial charge >= 0.3 is 5.97 Å². The van der Waals surface area contributed by atoms with Crippen LogP contribution < -0.4 is 10.1 Å². The number of nitrogens with one attached hydrogen (secondary N) is 1. The second-order valence-corrected chi connectivity index (χ2v) is 7.91. The summed E-state index contributed by atoms with van der Waals surface area (Å²) in [4.78, 5) is 26.6. The predicted molar refractivity (Wildman–Crippen MR) is 112 cm³/mol. The normalized spacial score (nSPS) is 13.2. The number of hydrogen-bond donors (Lipinski definition) is 1. The van der Waals surface area contributed by atoms with E-state index >= 15 is 0 Å². The molecule has 0 unspecified atom stereocenters. The number of hydrogen-bond acceptors (Lipinski definition) is 6. The molecule has 0 spiro atoms. The SMILES string of the molecule is CCOC(=O)c1c(NC(=O)c2cc3cccc(OCC)c3o2)sc2c1CCCC2. The molecule has 1 aliphatic rings. The summed E-state index contributed by atoms with van der Waals surface area (Å²) in [6.07, 6.45) is 3.88. The Morgan fingerprint density at radius 1 is 1.17 bits per heavy atom. The molecule has 0 saturated heterocycles. The molecule has 7 heteroatoms. The third-order valence-corrected chi connectivity index (χ3v) is 6.12. The van der Waals surface area contributed by atoms with E-state index in [-0.39, 0.29) is 11.7 Å². The number of fused-ring (bicyclic) bond motifs is 2. The van der Waals surface area contributed by atoms with Gasteiger partial charge in [0.05, 0.1) is 18.8 Å². The van der Waals surface area contributed by atoms with Gasteiger partial charge in [-0.15, -0.1) is 11.3 Å². The lowest BCUT2D eigenvalue weighted by molar-refractivity contribution is 0.0526. The standard InChI is InChI=1S/C22H23NO5S/c1-3-26-15-10-7-8-13-12-16(28-19(13)15)20(24)23-21-18(22(25)27-4-2)14-9-5-6-11-17(14)29-21/h7-8,10,12H,3-6,9,11H2,1-2H3,(H,23,24). The van der Waals surface area contributed by atoms with Gasteiger partial charge in [0.25, 0.3) is 5.91 Å². The maximum absolute atomic E-state index is 12.9. The third kappa shape index (κ3) is 3.74. The summed E-state index contributed by atoms with van der Waals surface area (Å²) in [7, 11) is 0. The summed E-state index contributed by atoms with van der Waals surface area (Å²) in [5, 5.41) is 4.20. The van der Waals surface area contributed by atoms with Crippen molar-refractivity contribution in [3.05, 3.63) is 46.0 Å². The van der Waals surface area contributed by atoms with Gasteiger partial charge in [-0.2, -0.15) is 0 Å². The number of para-hydroxylation sites is 1. The molecule has 1 aromatic carbocycles. The topological polar surface area (TPSA) is 77.8 Å². The highest BCUT2D eigenvalue weighted by Gasteiger charge is 2.28. The van der Waals surface area contributed by atoms with Crippen LogP contribution in [0.2, 0.25) is 0 Å².